The van der Waals surface area contributed by atoms with Crippen LogP contribution < -0.4 is 0 Å². The smallest absolute Gasteiger partial charge is 0.338 e. The lowest BCUT2D eigenvalue weighted by Gasteiger charge is -2.02. The van der Waals surface area contributed by atoms with E-state index in [0.717, 1.165) is 0 Å². The molecule has 4 heteroatoms. The minimum absolute atomic E-state index is 0.153. The van der Waals surface area contributed by atoms with E-state index in [1.165, 1.54) is 12.3 Å². The van der Waals surface area contributed by atoms with Crippen LogP contribution in [0.2, 0.25) is 0 Å². The molecular formula is C7H7NO3. The van der Waals surface area contributed by atoms with Crippen molar-refractivity contribution in [2.45, 2.75) is 6.10 Å². The summed E-state index contributed by atoms with van der Waals surface area (Å²) < 4.78 is 0. The van der Waals surface area contributed by atoms with E-state index in [9.17, 15) is 4.79 Å². The van der Waals surface area contributed by atoms with Crippen molar-refractivity contribution in [2.75, 3.05) is 0 Å². The number of carboxylic acid groups (broad SMARTS) is 1. The fraction of sp³-hybridized carbons (Fsp3) is 0.143. The summed E-state index contributed by atoms with van der Waals surface area (Å²) in [4.78, 5) is 13.9. The van der Waals surface area contributed by atoms with Gasteiger partial charge in [0.2, 0.25) is 0 Å². The van der Waals surface area contributed by atoms with Gasteiger partial charge < -0.3 is 10.2 Å². The summed E-state index contributed by atoms with van der Waals surface area (Å²) >= 11 is 0. The predicted molar refractivity (Wildman–Crippen MR) is 36.8 cm³/mol. The van der Waals surface area contributed by atoms with Gasteiger partial charge in [-0.15, -0.1) is 0 Å². The molecule has 1 aromatic rings. The third-order valence-corrected chi connectivity index (χ3v) is 1.20. The SMILES string of the molecule is O=C(O)[C@@H](O)c1ccccn1. The van der Waals surface area contributed by atoms with Gasteiger partial charge >= 0.3 is 5.97 Å². The molecule has 0 aromatic carbocycles. The average molecular weight is 153 g/mol. The maximum absolute atomic E-state index is 10.2. The quantitative estimate of drug-likeness (QED) is 0.636. The van der Waals surface area contributed by atoms with E-state index >= 15 is 0 Å². The monoisotopic (exact) mass is 153 g/mol. The highest BCUT2D eigenvalue weighted by molar-refractivity contribution is 5.73. The highest BCUT2D eigenvalue weighted by Crippen LogP contribution is 2.07. The molecule has 0 radical (unpaired) electrons. The van der Waals surface area contributed by atoms with Crippen molar-refractivity contribution in [3.63, 3.8) is 0 Å². The number of aliphatic carboxylic acids is 1. The number of aromatic nitrogens is 1. The van der Waals surface area contributed by atoms with Crippen molar-refractivity contribution in [2.24, 2.45) is 0 Å². The molecule has 1 atom stereocenters. The second-order valence-corrected chi connectivity index (χ2v) is 2.00. The van der Waals surface area contributed by atoms with Gasteiger partial charge in [0, 0.05) is 6.20 Å². The molecule has 0 spiro atoms. The molecule has 0 aliphatic rings. The molecule has 0 aliphatic carbocycles. The Balaban J connectivity index is 2.85. The van der Waals surface area contributed by atoms with E-state index in [0.29, 0.717) is 0 Å². The fourth-order valence-electron chi connectivity index (χ4n) is 0.664. The lowest BCUT2D eigenvalue weighted by atomic mass is 10.2. The van der Waals surface area contributed by atoms with Gasteiger partial charge in [-0.2, -0.15) is 0 Å². The molecule has 0 bridgehead atoms. The van der Waals surface area contributed by atoms with E-state index in [2.05, 4.69) is 4.98 Å². The summed E-state index contributed by atoms with van der Waals surface area (Å²) in [6, 6.07) is 4.73. The number of aliphatic hydroxyl groups excluding tert-OH is 1. The molecule has 4 nitrogen and oxygen atoms in total. The van der Waals surface area contributed by atoms with Gasteiger partial charge in [-0.05, 0) is 12.1 Å². The van der Waals surface area contributed by atoms with Crippen LogP contribution in [-0.2, 0) is 4.79 Å². The molecular weight excluding hydrogens is 146 g/mol. The average Bonchev–Trinajstić information content (AvgIpc) is 2.05. The normalized spacial score (nSPS) is 12.5. The number of carbonyl (C=O) groups is 1. The molecule has 2 N–H and O–H groups in total. The Morgan fingerprint density at radius 1 is 1.55 bits per heavy atom. The van der Waals surface area contributed by atoms with Gasteiger partial charge in [0.05, 0.1) is 5.69 Å². The number of pyridine rings is 1. The largest absolute Gasteiger partial charge is 0.479 e. The van der Waals surface area contributed by atoms with Crippen LogP contribution in [0.5, 0.6) is 0 Å². The van der Waals surface area contributed by atoms with Crippen molar-refractivity contribution < 1.29 is 15.0 Å². The van der Waals surface area contributed by atoms with E-state index < -0.39 is 12.1 Å². The zero-order valence-corrected chi connectivity index (χ0v) is 5.64. The van der Waals surface area contributed by atoms with Crippen LogP contribution in [0.25, 0.3) is 0 Å². The highest BCUT2D eigenvalue weighted by Gasteiger charge is 2.15. The Morgan fingerprint density at radius 2 is 2.27 bits per heavy atom. The summed E-state index contributed by atoms with van der Waals surface area (Å²) in [5.74, 6) is -1.29. The number of hydrogen-bond acceptors (Lipinski definition) is 3. The van der Waals surface area contributed by atoms with E-state index in [4.69, 9.17) is 10.2 Å². The molecule has 0 fully saturated rings. The number of nitrogens with zero attached hydrogens (tertiary/aromatic N) is 1. The predicted octanol–water partition coefficient (Wildman–Crippen LogP) is 0.200. The summed E-state index contributed by atoms with van der Waals surface area (Å²) in [6.45, 7) is 0. The maximum Gasteiger partial charge on any atom is 0.338 e. The minimum atomic E-state index is -1.52. The fourth-order valence-corrected chi connectivity index (χ4v) is 0.664. The third kappa shape index (κ3) is 1.75. The first-order valence-corrected chi connectivity index (χ1v) is 3.03. The van der Waals surface area contributed by atoms with Gasteiger partial charge in [-0.25, -0.2) is 4.79 Å². The van der Waals surface area contributed by atoms with Crippen LogP contribution in [0.4, 0.5) is 0 Å². The van der Waals surface area contributed by atoms with Gasteiger partial charge in [-0.1, -0.05) is 6.07 Å². The second-order valence-electron chi connectivity index (χ2n) is 2.00. The summed E-state index contributed by atoms with van der Waals surface area (Å²) in [6.07, 6.45) is -0.0854. The molecule has 0 saturated carbocycles. The standard InChI is InChI=1S/C7H7NO3/c9-6(7(10)11)5-3-1-2-4-8-5/h1-4,6,9H,(H,10,11)/t6-/m0/s1. The highest BCUT2D eigenvalue weighted by atomic mass is 16.4. The van der Waals surface area contributed by atoms with E-state index in [1.807, 2.05) is 0 Å². The van der Waals surface area contributed by atoms with Crippen molar-refractivity contribution >= 4 is 5.97 Å². The molecule has 0 unspecified atom stereocenters. The molecule has 1 rings (SSSR count). The first-order valence-electron chi connectivity index (χ1n) is 3.03. The number of hydrogen-bond donors (Lipinski definition) is 2. The van der Waals surface area contributed by atoms with Crippen molar-refractivity contribution in [3.8, 4) is 0 Å². The molecule has 58 valence electrons. The summed E-state index contributed by atoms with van der Waals surface area (Å²) in [5, 5.41) is 17.3. The first-order chi connectivity index (χ1) is 5.22. The number of rotatable bonds is 2. The molecule has 11 heavy (non-hydrogen) atoms. The summed E-state index contributed by atoms with van der Waals surface area (Å²) in [5.41, 5.74) is 0.153. The Bertz CT molecular complexity index is 247. The molecule has 0 saturated heterocycles. The second kappa shape index (κ2) is 3.12. The Labute approximate surface area is 63.1 Å². The summed E-state index contributed by atoms with van der Waals surface area (Å²) in [7, 11) is 0. The maximum atomic E-state index is 10.2. The Hall–Kier alpha value is -1.42. The Morgan fingerprint density at radius 3 is 2.73 bits per heavy atom. The van der Waals surface area contributed by atoms with E-state index in [1.54, 1.807) is 12.1 Å². The van der Waals surface area contributed by atoms with E-state index in [-0.39, 0.29) is 5.69 Å². The van der Waals surface area contributed by atoms with Crippen LogP contribution in [0, 0.1) is 0 Å². The molecule has 1 aromatic heterocycles. The van der Waals surface area contributed by atoms with Gasteiger partial charge in [0.15, 0.2) is 6.10 Å². The lowest BCUT2D eigenvalue weighted by Crippen LogP contribution is -2.11. The van der Waals surface area contributed by atoms with Crippen molar-refractivity contribution in [1.82, 2.24) is 4.98 Å². The van der Waals surface area contributed by atoms with Gasteiger partial charge in [0.1, 0.15) is 0 Å². The zero-order valence-electron chi connectivity index (χ0n) is 5.64. The van der Waals surface area contributed by atoms with Crippen LogP contribution in [-0.4, -0.2) is 21.2 Å². The number of aliphatic hydroxyl groups is 1. The Kier molecular flexibility index (Phi) is 2.18. The number of carboxylic acids is 1. The lowest BCUT2D eigenvalue weighted by molar-refractivity contribution is -0.147. The van der Waals surface area contributed by atoms with Crippen LogP contribution in [0.1, 0.15) is 11.8 Å². The molecule has 0 aliphatic heterocycles. The third-order valence-electron chi connectivity index (χ3n) is 1.20. The van der Waals surface area contributed by atoms with Crippen LogP contribution in [0.3, 0.4) is 0 Å². The van der Waals surface area contributed by atoms with Crippen molar-refractivity contribution in [1.29, 1.82) is 0 Å². The van der Waals surface area contributed by atoms with Crippen LogP contribution >= 0.6 is 0 Å². The van der Waals surface area contributed by atoms with Gasteiger partial charge in [-0.3, -0.25) is 4.98 Å². The van der Waals surface area contributed by atoms with Crippen molar-refractivity contribution in [3.05, 3.63) is 30.1 Å². The first kappa shape index (κ1) is 7.68. The zero-order chi connectivity index (χ0) is 8.27. The molecule has 0 amide bonds. The van der Waals surface area contributed by atoms with Crippen LogP contribution in [0.15, 0.2) is 24.4 Å². The molecule has 1 heterocycles. The topological polar surface area (TPSA) is 70.4 Å². The van der Waals surface area contributed by atoms with Gasteiger partial charge in [0.25, 0.3) is 0 Å². The minimum Gasteiger partial charge on any atom is -0.479 e.